The third-order valence-electron chi connectivity index (χ3n) is 5.67. The number of benzene rings is 2. The summed E-state index contributed by atoms with van der Waals surface area (Å²) in [6.07, 6.45) is 0. The number of H-pyrrole nitrogens is 1. The van der Waals surface area contributed by atoms with Gasteiger partial charge in [-0.25, -0.2) is 4.39 Å². The van der Waals surface area contributed by atoms with E-state index < -0.39 is 5.92 Å². The summed E-state index contributed by atoms with van der Waals surface area (Å²) < 4.78 is 24.5. The van der Waals surface area contributed by atoms with Crippen molar-refractivity contribution in [3.63, 3.8) is 0 Å². The van der Waals surface area contributed by atoms with Crippen LogP contribution in [0.1, 0.15) is 17.0 Å². The number of aromatic amines is 1. The van der Waals surface area contributed by atoms with E-state index in [9.17, 15) is 9.65 Å². The minimum absolute atomic E-state index is 0.0365. The van der Waals surface area contributed by atoms with Crippen molar-refractivity contribution in [2.75, 3.05) is 31.2 Å². The van der Waals surface area contributed by atoms with Crippen molar-refractivity contribution in [2.24, 2.45) is 5.73 Å². The number of hydrogen-bond donors (Lipinski definition) is 2. The number of rotatable bonds is 3. The molecule has 0 amide bonds. The van der Waals surface area contributed by atoms with Crippen LogP contribution in [0.25, 0.3) is 11.3 Å². The zero-order valence-corrected chi connectivity index (χ0v) is 16.6. The number of nitrogens with one attached hydrogen (secondary N) is 1. The van der Waals surface area contributed by atoms with Crippen LogP contribution in [0.15, 0.2) is 60.0 Å². The normalized spacial score (nSPS) is 18.3. The van der Waals surface area contributed by atoms with E-state index in [-0.39, 0.29) is 11.7 Å². The number of aromatic nitrogens is 2. The van der Waals surface area contributed by atoms with Crippen LogP contribution in [0.2, 0.25) is 0 Å². The fourth-order valence-electron chi connectivity index (χ4n) is 4.11. The Morgan fingerprint density at radius 1 is 1.10 bits per heavy atom. The summed E-state index contributed by atoms with van der Waals surface area (Å²) in [6, 6.07) is 16.4. The second kappa shape index (κ2) is 7.78. The second-order valence-electron chi connectivity index (χ2n) is 7.44. The van der Waals surface area contributed by atoms with E-state index in [1.54, 1.807) is 12.1 Å². The molecule has 1 fully saturated rings. The largest absolute Gasteiger partial charge is 0.420 e. The average molecular weight is 417 g/mol. The van der Waals surface area contributed by atoms with Crippen LogP contribution in [-0.4, -0.2) is 36.5 Å². The zero-order valence-electron chi connectivity index (χ0n) is 16.6. The van der Waals surface area contributed by atoms with E-state index in [1.165, 1.54) is 12.1 Å². The van der Waals surface area contributed by atoms with Gasteiger partial charge in [-0.3, -0.25) is 5.10 Å². The number of nitrogens with two attached hydrogens (primary N) is 1. The van der Waals surface area contributed by atoms with Crippen molar-refractivity contribution < 1.29 is 13.9 Å². The molecule has 2 aromatic carbocycles. The summed E-state index contributed by atoms with van der Waals surface area (Å²) in [5.41, 5.74) is 10.5. The second-order valence-corrected chi connectivity index (χ2v) is 7.44. The van der Waals surface area contributed by atoms with E-state index >= 15 is 0 Å². The van der Waals surface area contributed by atoms with Crippen molar-refractivity contribution in [1.29, 1.82) is 5.26 Å². The van der Waals surface area contributed by atoms with Gasteiger partial charge in [0, 0.05) is 24.3 Å². The zero-order chi connectivity index (χ0) is 21.4. The Kier molecular flexibility index (Phi) is 4.81. The average Bonchev–Trinajstić information content (AvgIpc) is 3.22. The molecule has 7 nitrogen and oxygen atoms in total. The van der Waals surface area contributed by atoms with Gasteiger partial charge in [0.15, 0.2) is 0 Å². The lowest BCUT2D eigenvalue weighted by Gasteiger charge is -2.29. The number of allylic oxidation sites excluding steroid dienone is 1. The van der Waals surface area contributed by atoms with Gasteiger partial charge in [0.1, 0.15) is 17.5 Å². The Morgan fingerprint density at radius 3 is 2.48 bits per heavy atom. The Bertz CT molecular complexity index is 1170. The molecule has 0 radical (unpaired) electrons. The highest BCUT2D eigenvalue weighted by atomic mass is 19.1. The number of fused-ring (bicyclic) bond motifs is 1. The van der Waals surface area contributed by atoms with Gasteiger partial charge < -0.3 is 20.1 Å². The fourth-order valence-corrected chi connectivity index (χ4v) is 4.11. The highest BCUT2D eigenvalue weighted by Crippen LogP contribution is 2.45. The summed E-state index contributed by atoms with van der Waals surface area (Å²) in [7, 11) is 0. The monoisotopic (exact) mass is 417 g/mol. The first-order valence-corrected chi connectivity index (χ1v) is 10.00. The maximum absolute atomic E-state index is 13.4. The third-order valence-corrected chi connectivity index (χ3v) is 5.67. The molecular weight excluding hydrogens is 397 g/mol. The number of halogens is 1. The summed E-state index contributed by atoms with van der Waals surface area (Å²) in [4.78, 5) is 2.26. The van der Waals surface area contributed by atoms with Crippen LogP contribution >= 0.6 is 0 Å². The van der Waals surface area contributed by atoms with Crippen molar-refractivity contribution in [1.82, 2.24) is 10.2 Å². The molecule has 156 valence electrons. The smallest absolute Gasteiger partial charge is 0.244 e. The van der Waals surface area contributed by atoms with Crippen LogP contribution in [0.4, 0.5) is 10.1 Å². The molecule has 0 unspecified atom stereocenters. The van der Waals surface area contributed by atoms with Gasteiger partial charge in [-0.05, 0) is 42.0 Å². The molecule has 8 heteroatoms. The first kappa shape index (κ1) is 19.2. The van der Waals surface area contributed by atoms with Crippen molar-refractivity contribution in [2.45, 2.75) is 5.92 Å². The van der Waals surface area contributed by atoms with Crippen LogP contribution in [0.3, 0.4) is 0 Å². The van der Waals surface area contributed by atoms with Gasteiger partial charge in [0.25, 0.3) is 0 Å². The van der Waals surface area contributed by atoms with Crippen molar-refractivity contribution in [3.05, 3.63) is 76.9 Å². The van der Waals surface area contributed by atoms with Crippen LogP contribution in [0.5, 0.6) is 5.88 Å². The molecule has 3 heterocycles. The lowest BCUT2D eigenvalue weighted by molar-refractivity contribution is 0.122. The molecule has 31 heavy (non-hydrogen) atoms. The lowest BCUT2D eigenvalue weighted by Crippen LogP contribution is -2.36. The molecule has 0 bridgehead atoms. The van der Waals surface area contributed by atoms with E-state index in [0.717, 1.165) is 29.9 Å². The van der Waals surface area contributed by atoms with E-state index in [2.05, 4.69) is 21.2 Å². The van der Waals surface area contributed by atoms with Crippen molar-refractivity contribution >= 4 is 5.69 Å². The van der Waals surface area contributed by atoms with E-state index in [4.69, 9.17) is 15.2 Å². The summed E-state index contributed by atoms with van der Waals surface area (Å²) in [5, 5.41) is 17.1. The molecule has 1 atom stereocenters. The van der Waals surface area contributed by atoms with E-state index in [0.29, 0.717) is 35.9 Å². The van der Waals surface area contributed by atoms with Crippen LogP contribution in [0, 0.1) is 17.1 Å². The SMILES string of the molecule is N#CC1=C(N)Oc2n[nH]c(-c3ccc(F)cc3)c2[C@H]1c1ccc(N2CCOCC2)cc1. The summed E-state index contributed by atoms with van der Waals surface area (Å²) in [6.45, 7) is 3.10. The van der Waals surface area contributed by atoms with Gasteiger partial charge >= 0.3 is 0 Å². The standard InChI is InChI=1S/C23H20FN5O2/c24-16-5-1-15(2-6-16)21-20-19(18(13-25)22(26)31-23(20)28-27-21)14-3-7-17(8-4-14)29-9-11-30-12-10-29/h1-8,19H,9-12,26H2,(H,27,28)/t19-/m0/s1. The first-order chi connectivity index (χ1) is 15.2. The number of anilines is 1. The molecule has 1 saturated heterocycles. The summed E-state index contributed by atoms with van der Waals surface area (Å²) in [5.74, 6) is -0.427. The lowest BCUT2D eigenvalue weighted by atomic mass is 9.83. The Labute approximate surface area is 178 Å². The number of hydrogen-bond acceptors (Lipinski definition) is 6. The molecule has 3 N–H and O–H groups in total. The van der Waals surface area contributed by atoms with Crippen molar-refractivity contribution in [3.8, 4) is 23.2 Å². The van der Waals surface area contributed by atoms with Gasteiger partial charge in [-0.15, -0.1) is 5.10 Å². The van der Waals surface area contributed by atoms with Gasteiger partial charge in [-0.1, -0.05) is 12.1 Å². The molecule has 0 aliphatic carbocycles. The van der Waals surface area contributed by atoms with Gasteiger partial charge in [0.05, 0.1) is 30.4 Å². The molecule has 0 saturated carbocycles. The quantitative estimate of drug-likeness (QED) is 0.679. The minimum Gasteiger partial charge on any atom is -0.420 e. The predicted octanol–water partition coefficient (Wildman–Crippen LogP) is 3.27. The number of nitriles is 1. The molecule has 1 aromatic heterocycles. The minimum atomic E-state index is -0.453. The number of morpholine rings is 1. The number of nitrogens with zero attached hydrogens (tertiary/aromatic N) is 3. The molecule has 3 aromatic rings. The van der Waals surface area contributed by atoms with Gasteiger partial charge in [-0.2, -0.15) is 5.26 Å². The molecule has 2 aliphatic rings. The van der Waals surface area contributed by atoms with Crippen LogP contribution < -0.4 is 15.4 Å². The van der Waals surface area contributed by atoms with E-state index in [1.807, 2.05) is 24.3 Å². The maximum atomic E-state index is 13.4. The predicted molar refractivity (Wildman–Crippen MR) is 113 cm³/mol. The maximum Gasteiger partial charge on any atom is 0.244 e. The molecule has 2 aliphatic heterocycles. The topological polar surface area (TPSA) is 100 Å². The Morgan fingerprint density at radius 2 is 1.81 bits per heavy atom. The number of ether oxygens (including phenoxy) is 2. The summed E-state index contributed by atoms with van der Waals surface area (Å²) >= 11 is 0. The Hall–Kier alpha value is -3.83. The van der Waals surface area contributed by atoms with Gasteiger partial charge in [0.2, 0.25) is 11.8 Å². The molecular formula is C23H20FN5O2. The highest BCUT2D eigenvalue weighted by Gasteiger charge is 2.35. The fraction of sp³-hybridized carbons (Fsp3) is 0.217. The van der Waals surface area contributed by atoms with Crippen LogP contribution in [-0.2, 0) is 4.74 Å². The molecule has 0 spiro atoms. The Balaban J connectivity index is 1.58. The highest BCUT2D eigenvalue weighted by molar-refractivity contribution is 5.71. The molecule has 5 rings (SSSR count). The first-order valence-electron chi connectivity index (χ1n) is 10.00. The third kappa shape index (κ3) is 3.39.